The van der Waals surface area contributed by atoms with Gasteiger partial charge in [-0.15, -0.1) is 0 Å². The zero-order chi connectivity index (χ0) is 25.3. The van der Waals surface area contributed by atoms with Crippen LogP contribution in [0.25, 0.3) is 0 Å². The molecule has 0 spiro atoms. The van der Waals surface area contributed by atoms with Crippen molar-refractivity contribution in [2.24, 2.45) is 11.8 Å². The predicted molar refractivity (Wildman–Crippen MR) is 142 cm³/mol. The summed E-state index contributed by atoms with van der Waals surface area (Å²) in [6.45, 7) is 0. The van der Waals surface area contributed by atoms with Crippen molar-refractivity contribution in [1.82, 2.24) is 0 Å². The summed E-state index contributed by atoms with van der Waals surface area (Å²) in [6.07, 6.45) is 0. The highest BCUT2D eigenvalue weighted by Gasteiger charge is 2.61. The largest absolute Gasteiger partial charge is 0.423 e. The second-order valence-electron chi connectivity index (χ2n) is 9.67. The van der Waals surface area contributed by atoms with Gasteiger partial charge in [0.2, 0.25) is 11.8 Å². The topological polar surface area (TPSA) is 63.7 Å². The molecule has 8 rings (SSSR count). The van der Waals surface area contributed by atoms with Gasteiger partial charge in [-0.25, -0.2) is 9.69 Å². The Morgan fingerprint density at radius 2 is 1.11 bits per heavy atom. The average Bonchev–Trinajstić information content (AvgIpc) is 3.20. The second-order valence-corrected chi connectivity index (χ2v) is 10.6. The third-order valence-corrected chi connectivity index (χ3v) is 8.36. The molecule has 3 aliphatic carbocycles. The Bertz CT molecular complexity index is 1480. The monoisotopic (exact) mass is 549 g/mol. The third-order valence-electron chi connectivity index (χ3n) is 7.83. The molecule has 37 heavy (non-hydrogen) atoms. The summed E-state index contributed by atoms with van der Waals surface area (Å²) >= 11 is 3.35. The lowest BCUT2D eigenvalue weighted by atomic mass is 9.55. The number of ether oxygens (including phenoxy) is 1. The molecule has 2 amide bonds. The van der Waals surface area contributed by atoms with E-state index in [4.69, 9.17) is 4.74 Å². The molecule has 2 atom stereocenters. The van der Waals surface area contributed by atoms with Crippen molar-refractivity contribution in [3.8, 4) is 5.75 Å². The summed E-state index contributed by atoms with van der Waals surface area (Å²) in [5.74, 6) is -1.64. The second kappa shape index (κ2) is 8.25. The molecule has 1 aliphatic heterocycles. The lowest BCUT2D eigenvalue weighted by Gasteiger charge is -2.45. The van der Waals surface area contributed by atoms with Gasteiger partial charge in [-0.3, -0.25) is 9.59 Å². The fourth-order valence-corrected chi connectivity index (χ4v) is 6.61. The van der Waals surface area contributed by atoms with Gasteiger partial charge in [0.05, 0.1) is 23.1 Å². The van der Waals surface area contributed by atoms with E-state index in [2.05, 4.69) is 40.2 Å². The number of carbonyl (C=O) groups is 3. The molecule has 1 saturated heterocycles. The van der Waals surface area contributed by atoms with Crippen LogP contribution in [0.5, 0.6) is 5.75 Å². The maximum atomic E-state index is 13.9. The normalized spacial score (nSPS) is 22.9. The van der Waals surface area contributed by atoms with E-state index in [1.165, 1.54) is 4.90 Å². The molecule has 2 bridgehead atoms. The number of imide groups is 1. The number of carbonyl (C=O) groups excluding carboxylic acids is 3. The maximum Gasteiger partial charge on any atom is 0.343 e. The SMILES string of the molecule is O=C(Oc1ccc(N2C(=O)[C@@H]3C4c5ccccc5C(c5ccccc54)[C@H]3C2=O)cc1)c1ccc(Br)cc1. The summed E-state index contributed by atoms with van der Waals surface area (Å²) in [6, 6.07) is 29.8. The summed E-state index contributed by atoms with van der Waals surface area (Å²) in [5.41, 5.74) is 5.49. The molecule has 1 heterocycles. The van der Waals surface area contributed by atoms with Crippen LogP contribution >= 0.6 is 15.9 Å². The lowest BCUT2D eigenvalue weighted by molar-refractivity contribution is -0.122. The Morgan fingerprint density at radius 1 is 0.649 bits per heavy atom. The summed E-state index contributed by atoms with van der Waals surface area (Å²) in [7, 11) is 0. The van der Waals surface area contributed by atoms with E-state index < -0.39 is 17.8 Å². The van der Waals surface area contributed by atoms with E-state index in [9.17, 15) is 14.4 Å². The zero-order valence-corrected chi connectivity index (χ0v) is 21.1. The fourth-order valence-electron chi connectivity index (χ4n) is 6.35. The molecule has 0 radical (unpaired) electrons. The van der Waals surface area contributed by atoms with Crippen LogP contribution in [0.2, 0.25) is 0 Å². The van der Waals surface area contributed by atoms with Crippen LogP contribution < -0.4 is 9.64 Å². The molecule has 4 aromatic carbocycles. The van der Waals surface area contributed by atoms with Gasteiger partial charge in [0, 0.05) is 16.3 Å². The van der Waals surface area contributed by atoms with Gasteiger partial charge in [0.15, 0.2) is 0 Å². The van der Waals surface area contributed by atoms with Crippen LogP contribution in [0.15, 0.2) is 102 Å². The number of benzene rings is 4. The van der Waals surface area contributed by atoms with Crippen LogP contribution in [-0.2, 0) is 9.59 Å². The molecule has 0 unspecified atom stereocenters. The highest BCUT2D eigenvalue weighted by molar-refractivity contribution is 9.10. The van der Waals surface area contributed by atoms with Crippen molar-refractivity contribution in [2.45, 2.75) is 11.8 Å². The van der Waals surface area contributed by atoms with Crippen LogP contribution in [0.1, 0.15) is 44.4 Å². The summed E-state index contributed by atoms with van der Waals surface area (Å²) in [5, 5.41) is 0. The number of halogens is 1. The van der Waals surface area contributed by atoms with Crippen LogP contribution in [0.3, 0.4) is 0 Å². The third kappa shape index (κ3) is 3.25. The van der Waals surface area contributed by atoms with Crippen molar-refractivity contribution < 1.29 is 19.1 Å². The summed E-state index contributed by atoms with van der Waals surface area (Å²) < 4.78 is 6.36. The smallest absolute Gasteiger partial charge is 0.343 e. The van der Waals surface area contributed by atoms with Gasteiger partial charge in [0.1, 0.15) is 5.75 Å². The van der Waals surface area contributed by atoms with E-state index in [-0.39, 0.29) is 23.7 Å². The number of hydrogen-bond donors (Lipinski definition) is 0. The molecule has 1 fully saturated rings. The van der Waals surface area contributed by atoms with Crippen molar-refractivity contribution in [2.75, 3.05) is 4.90 Å². The number of rotatable bonds is 3. The first-order chi connectivity index (χ1) is 18.0. The van der Waals surface area contributed by atoms with E-state index in [1.807, 2.05) is 24.3 Å². The zero-order valence-electron chi connectivity index (χ0n) is 19.5. The Hall–Kier alpha value is -4.03. The molecular formula is C31H20BrNO4. The fraction of sp³-hybridized carbons (Fsp3) is 0.129. The first-order valence-electron chi connectivity index (χ1n) is 12.2. The molecule has 5 nitrogen and oxygen atoms in total. The Kier molecular flexibility index (Phi) is 4.95. The average molecular weight is 550 g/mol. The van der Waals surface area contributed by atoms with E-state index in [0.717, 1.165) is 26.7 Å². The Balaban J connectivity index is 1.21. The first kappa shape index (κ1) is 22.2. The van der Waals surface area contributed by atoms with Crippen LogP contribution in [0, 0.1) is 11.8 Å². The predicted octanol–water partition coefficient (Wildman–Crippen LogP) is 6.06. The van der Waals surface area contributed by atoms with E-state index in [1.54, 1.807) is 48.5 Å². The molecular weight excluding hydrogens is 530 g/mol. The van der Waals surface area contributed by atoms with Crippen LogP contribution in [0.4, 0.5) is 5.69 Å². The summed E-state index contributed by atoms with van der Waals surface area (Å²) in [4.78, 5) is 41.5. The Morgan fingerprint density at radius 3 is 1.57 bits per heavy atom. The molecule has 4 aromatic rings. The van der Waals surface area contributed by atoms with Gasteiger partial charge < -0.3 is 4.74 Å². The van der Waals surface area contributed by atoms with Crippen molar-refractivity contribution in [3.63, 3.8) is 0 Å². The van der Waals surface area contributed by atoms with Crippen molar-refractivity contribution >= 4 is 39.4 Å². The Labute approximate surface area is 221 Å². The quantitative estimate of drug-likeness (QED) is 0.177. The number of hydrogen-bond acceptors (Lipinski definition) is 4. The number of esters is 1. The van der Waals surface area contributed by atoms with Gasteiger partial charge in [0.25, 0.3) is 0 Å². The highest BCUT2D eigenvalue weighted by atomic mass is 79.9. The van der Waals surface area contributed by atoms with Gasteiger partial charge in [-0.1, -0.05) is 64.5 Å². The number of amides is 2. The molecule has 6 heteroatoms. The van der Waals surface area contributed by atoms with E-state index in [0.29, 0.717) is 17.0 Å². The molecule has 4 aliphatic rings. The molecule has 0 aromatic heterocycles. The highest BCUT2D eigenvalue weighted by Crippen LogP contribution is 2.61. The van der Waals surface area contributed by atoms with Crippen molar-refractivity contribution in [3.05, 3.63) is 129 Å². The van der Waals surface area contributed by atoms with E-state index >= 15 is 0 Å². The minimum Gasteiger partial charge on any atom is -0.423 e. The van der Waals surface area contributed by atoms with Crippen LogP contribution in [-0.4, -0.2) is 17.8 Å². The lowest BCUT2D eigenvalue weighted by Crippen LogP contribution is -2.41. The first-order valence-corrected chi connectivity index (χ1v) is 13.0. The van der Waals surface area contributed by atoms with Gasteiger partial charge in [-0.2, -0.15) is 0 Å². The number of anilines is 1. The molecule has 0 N–H and O–H groups in total. The van der Waals surface area contributed by atoms with Crippen molar-refractivity contribution in [1.29, 1.82) is 0 Å². The minimum atomic E-state index is -0.480. The minimum absolute atomic E-state index is 0.144. The van der Waals surface area contributed by atoms with Gasteiger partial charge in [-0.05, 0) is 70.8 Å². The molecule has 180 valence electrons. The van der Waals surface area contributed by atoms with Gasteiger partial charge >= 0.3 is 5.97 Å². The number of nitrogens with zero attached hydrogens (tertiary/aromatic N) is 1. The maximum absolute atomic E-state index is 13.9. The molecule has 0 saturated carbocycles. The standard InChI is InChI=1S/C31H20BrNO4/c32-18-11-9-17(10-12-18)31(36)37-20-15-13-19(14-16-20)33-29(34)27-25-21-5-1-2-6-22(21)26(28(27)30(33)35)24-8-4-3-7-23(24)25/h1-16,25-28H/t25?,26?,27-,28-/m1/s1.